The van der Waals surface area contributed by atoms with Crippen molar-refractivity contribution in [1.29, 1.82) is 0 Å². The van der Waals surface area contributed by atoms with E-state index < -0.39 is 0 Å². The minimum atomic E-state index is -0.0547. The summed E-state index contributed by atoms with van der Waals surface area (Å²) in [5.74, 6) is 1.82. The highest BCUT2D eigenvalue weighted by molar-refractivity contribution is 5.86. The molecule has 0 spiro atoms. The van der Waals surface area contributed by atoms with Crippen LogP contribution in [0.1, 0.15) is 22.9 Å². The number of para-hydroxylation sites is 2. The molecule has 4 nitrogen and oxygen atoms in total. The Hall–Kier alpha value is -3.27. The van der Waals surface area contributed by atoms with Crippen LogP contribution in [-0.2, 0) is 0 Å². The van der Waals surface area contributed by atoms with Crippen LogP contribution in [0.4, 0.5) is 5.82 Å². The van der Waals surface area contributed by atoms with E-state index in [1.807, 2.05) is 42.6 Å². The van der Waals surface area contributed by atoms with Crippen LogP contribution in [0.15, 0.2) is 72.9 Å². The zero-order valence-corrected chi connectivity index (χ0v) is 14.9. The number of nitrogens with one attached hydrogen (secondary N) is 3. The first-order valence-corrected chi connectivity index (χ1v) is 8.71. The van der Waals surface area contributed by atoms with E-state index in [-0.39, 0.29) is 6.04 Å². The van der Waals surface area contributed by atoms with Gasteiger partial charge in [0.05, 0.1) is 13.3 Å². The van der Waals surface area contributed by atoms with E-state index in [0.29, 0.717) is 0 Å². The molecule has 1 atom stereocenters. The van der Waals surface area contributed by atoms with Crippen LogP contribution in [-0.4, -0.2) is 12.1 Å². The Morgan fingerprint density at radius 2 is 1.73 bits per heavy atom. The van der Waals surface area contributed by atoms with Crippen LogP contribution in [0.25, 0.3) is 10.9 Å². The number of benzene rings is 2. The topological polar surface area (TPSA) is 51.2 Å². The lowest BCUT2D eigenvalue weighted by atomic mass is 9.95. The average molecular weight is 344 g/mol. The molecule has 0 saturated heterocycles. The maximum absolute atomic E-state index is 5.65. The van der Waals surface area contributed by atoms with Crippen LogP contribution in [0, 0.1) is 6.92 Å². The van der Waals surface area contributed by atoms with Crippen molar-refractivity contribution < 1.29 is 9.72 Å². The SMILES string of the molecule is COc1ccccc1[C@@H](Nc1cccc[nH+]1)c1c(C)[nH]c2ccccc12. The molecule has 2 aromatic heterocycles. The first-order valence-electron chi connectivity index (χ1n) is 8.71. The summed E-state index contributed by atoms with van der Waals surface area (Å²) in [6.45, 7) is 2.12. The molecule has 2 aromatic carbocycles. The first kappa shape index (κ1) is 16.2. The van der Waals surface area contributed by atoms with Crippen LogP contribution in [0.5, 0.6) is 5.75 Å². The fraction of sp³-hybridized carbons (Fsp3) is 0.136. The van der Waals surface area contributed by atoms with Gasteiger partial charge in [0.15, 0.2) is 6.04 Å². The van der Waals surface area contributed by atoms with E-state index >= 15 is 0 Å². The molecule has 0 saturated carbocycles. The molecule has 0 amide bonds. The normalized spacial score (nSPS) is 12.1. The molecule has 4 rings (SSSR count). The zero-order chi connectivity index (χ0) is 17.9. The lowest BCUT2D eigenvalue weighted by molar-refractivity contribution is -0.361. The predicted molar refractivity (Wildman–Crippen MR) is 104 cm³/mol. The van der Waals surface area contributed by atoms with Gasteiger partial charge in [0, 0.05) is 33.8 Å². The standard InChI is InChI=1S/C22H21N3O/c1-15-21(16-9-3-5-11-18(16)24-15)22(25-20-13-7-8-14-23-20)17-10-4-6-12-19(17)26-2/h3-14,22,24H,1-2H3,(H,23,25)/p+1/t22-/m1/s1. The average Bonchev–Trinajstić information content (AvgIpc) is 3.02. The fourth-order valence-electron chi connectivity index (χ4n) is 3.52. The van der Waals surface area contributed by atoms with E-state index in [9.17, 15) is 0 Å². The minimum absolute atomic E-state index is 0.0547. The number of methoxy groups -OCH3 is 1. The summed E-state index contributed by atoms with van der Waals surface area (Å²) in [6, 6.07) is 22.5. The number of hydrogen-bond donors (Lipinski definition) is 2. The molecule has 0 aliphatic carbocycles. The van der Waals surface area contributed by atoms with Crippen LogP contribution >= 0.6 is 0 Å². The molecule has 4 heteroatoms. The fourth-order valence-corrected chi connectivity index (χ4v) is 3.52. The summed E-state index contributed by atoms with van der Waals surface area (Å²) in [7, 11) is 1.71. The number of H-pyrrole nitrogens is 2. The maximum atomic E-state index is 5.65. The molecule has 130 valence electrons. The van der Waals surface area contributed by atoms with Crippen molar-refractivity contribution in [2.75, 3.05) is 12.4 Å². The number of pyridine rings is 1. The molecule has 4 aromatic rings. The number of ether oxygens (including phenoxy) is 1. The molecule has 2 heterocycles. The van der Waals surface area contributed by atoms with Crippen molar-refractivity contribution in [3.05, 3.63) is 89.7 Å². The van der Waals surface area contributed by atoms with E-state index in [1.54, 1.807) is 7.11 Å². The van der Waals surface area contributed by atoms with Crippen LogP contribution in [0.3, 0.4) is 0 Å². The van der Waals surface area contributed by atoms with Crippen molar-refractivity contribution in [3.8, 4) is 5.75 Å². The lowest BCUT2D eigenvalue weighted by Gasteiger charge is -2.18. The Bertz CT molecular complexity index is 1020. The van der Waals surface area contributed by atoms with Crippen molar-refractivity contribution in [3.63, 3.8) is 0 Å². The van der Waals surface area contributed by atoms with Gasteiger partial charge in [-0.1, -0.05) is 42.5 Å². The van der Waals surface area contributed by atoms with E-state index in [4.69, 9.17) is 4.74 Å². The third-order valence-electron chi connectivity index (χ3n) is 4.69. The van der Waals surface area contributed by atoms with Crippen molar-refractivity contribution in [1.82, 2.24) is 4.98 Å². The summed E-state index contributed by atoms with van der Waals surface area (Å²) < 4.78 is 5.65. The highest BCUT2D eigenvalue weighted by atomic mass is 16.5. The second-order valence-corrected chi connectivity index (χ2v) is 6.30. The number of aryl methyl sites for hydroxylation is 1. The Morgan fingerprint density at radius 3 is 2.54 bits per heavy atom. The van der Waals surface area contributed by atoms with Gasteiger partial charge in [-0.05, 0) is 25.1 Å². The smallest absolute Gasteiger partial charge is 0.272 e. The zero-order valence-electron chi connectivity index (χ0n) is 14.9. The van der Waals surface area contributed by atoms with Gasteiger partial charge in [-0.15, -0.1) is 0 Å². The third-order valence-corrected chi connectivity index (χ3v) is 4.69. The van der Waals surface area contributed by atoms with Crippen molar-refractivity contribution >= 4 is 16.7 Å². The number of aromatic amines is 2. The summed E-state index contributed by atoms with van der Waals surface area (Å²) in [6.07, 6.45) is 1.92. The van der Waals surface area contributed by atoms with Gasteiger partial charge in [-0.2, -0.15) is 0 Å². The van der Waals surface area contributed by atoms with E-state index in [0.717, 1.165) is 28.3 Å². The summed E-state index contributed by atoms with van der Waals surface area (Å²) in [4.78, 5) is 6.78. The predicted octanol–water partition coefficient (Wildman–Crippen LogP) is 4.50. The number of hydrogen-bond acceptors (Lipinski definition) is 2. The van der Waals surface area contributed by atoms with Gasteiger partial charge in [0.1, 0.15) is 5.75 Å². The summed E-state index contributed by atoms with van der Waals surface area (Å²) in [5.41, 5.74) is 4.60. The van der Waals surface area contributed by atoms with Crippen molar-refractivity contribution in [2.45, 2.75) is 13.0 Å². The van der Waals surface area contributed by atoms with E-state index in [2.05, 4.69) is 52.5 Å². The molecule has 0 bridgehead atoms. The van der Waals surface area contributed by atoms with Gasteiger partial charge in [0.25, 0.3) is 5.82 Å². The maximum Gasteiger partial charge on any atom is 0.272 e. The Balaban J connectivity index is 1.91. The van der Waals surface area contributed by atoms with Crippen molar-refractivity contribution in [2.24, 2.45) is 0 Å². The molecular weight excluding hydrogens is 322 g/mol. The molecule has 0 aliphatic heterocycles. The molecule has 3 N–H and O–H groups in total. The van der Waals surface area contributed by atoms with Gasteiger partial charge in [-0.25, -0.2) is 4.98 Å². The van der Waals surface area contributed by atoms with Crippen LogP contribution < -0.4 is 15.0 Å². The Kier molecular flexibility index (Phi) is 4.32. The third kappa shape index (κ3) is 2.90. The number of aromatic nitrogens is 2. The second kappa shape index (κ2) is 6.92. The summed E-state index contributed by atoms with van der Waals surface area (Å²) >= 11 is 0. The molecule has 26 heavy (non-hydrogen) atoms. The van der Waals surface area contributed by atoms with E-state index in [1.165, 1.54) is 10.9 Å². The molecule has 0 radical (unpaired) electrons. The minimum Gasteiger partial charge on any atom is -0.496 e. The van der Waals surface area contributed by atoms with Gasteiger partial charge in [0.2, 0.25) is 0 Å². The van der Waals surface area contributed by atoms with Gasteiger partial charge in [-0.3, -0.25) is 5.32 Å². The van der Waals surface area contributed by atoms with Gasteiger partial charge >= 0.3 is 0 Å². The molecular formula is C22H22N3O+. The number of anilines is 1. The van der Waals surface area contributed by atoms with Crippen LogP contribution in [0.2, 0.25) is 0 Å². The first-order chi connectivity index (χ1) is 12.8. The Morgan fingerprint density at radius 1 is 0.962 bits per heavy atom. The van der Waals surface area contributed by atoms with Gasteiger partial charge < -0.3 is 9.72 Å². The Labute approximate surface area is 152 Å². The molecule has 0 fully saturated rings. The highest BCUT2D eigenvalue weighted by Gasteiger charge is 2.27. The molecule has 0 unspecified atom stereocenters. The lowest BCUT2D eigenvalue weighted by Crippen LogP contribution is -2.19. The largest absolute Gasteiger partial charge is 0.496 e. The molecule has 0 aliphatic rings. The second-order valence-electron chi connectivity index (χ2n) is 6.30. The number of rotatable bonds is 5. The monoisotopic (exact) mass is 344 g/mol. The summed E-state index contributed by atoms with van der Waals surface area (Å²) in [5, 5.41) is 4.86. The quantitative estimate of drug-likeness (QED) is 0.560. The highest BCUT2D eigenvalue weighted by Crippen LogP contribution is 2.37. The number of fused-ring (bicyclic) bond motifs is 1.